The number of aliphatic imine (C=N–C) groups is 1. The molecule has 1 saturated heterocycles. The predicted molar refractivity (Wildman–Crippen MR) is 160 cm³/mol. The van der Waals surface area contributed by atoms with Crippen LogP contribution in [0.3, 0.4) is 0 Å². The van der Waals surface area contributed by atoms with E-state index in [1.807, 2.05) is 12.3 Å². The summed E-state index contributed by atoms with van der Waals surface area (Å²) in [6.07, 6.45) is 10.4. The summed E-state index contributed by atoms with van der Waals surface area (Å²) in [5.41, 5.74) is 2.31. The summed E-state index contributed by atoms with van der Waals surface area (Å²) in [4.78, 5) is 17.6. The van der Waals surface area contributed by atoms with Gasteiger partial charge in [-0.3, -0.25) is 25.3 Å². The second-order valence-corrected chi connectivity index (χ2v) is 10.3. The number of nitrogens with one attached hydrogen (secondary N) is 3. The monoisotopic (exact) mass is 577 g/mol. The summed E-state index contributed by atoms with van der Waals surface area (Å²) in [7, 11) is 0. The standard InChI is InChI=1S/C29H39N9O4/c30-22-34-29(33-16-9-19-41-24-11-8-10-23(20-24)21-37-17-6-3-7-18-37)32-15-5-2-1-4-14-31-25-12-13-26(38(39)40)28-27(25)35-42-36-28/h8,10-13,20,31H,1-7,9,14-19,21H2,(H2,32,33,34). The zero-order chi connectivity index (χ0) is 29.4. The number of benzene rings is 2. The molecule has 0 amide bonds. The topological polar surface area (TPSA) is 167 Å². The van der Waals surface area contributed by atoms with Crippen LogP contribution in [-0.2, 0) is 6.54 Å². The molecule has 1 aliphatic heterocycles. The van der Waals surface area contributed by atoms with Gasteiger partial charge < -0.3 is 15.4 Å². The molecular formula is C29H39N9O4. The average Bonchev–Trinajstić information content (AvgIpc) is 3.49. The summed E-state index contributed by atoms with van der Waals surface area (Å²) >= 11 is 0. The molecule has 4 rings (SSSR count). The van der Waals surface area contributed by atoms with Gasteiger partial charge in [0.15, 0.2) is 11.7 Å². The molecule has 2 aromatic carbocycles. The van der Waals surface area contributed by atoms with Gasteiger partial charge in [-0.25, -0.2) is 4.63 Å². The number of hydrogen-bond donors (Lipinski definition) is 3. The quantitative estimate of drug-likeness (QED) is 0.0415. The number of nitro groups is 1. The summed E-state index contributed by atoms with van der Waals surface area (Å²) in [5, 5.41) is 36.7. The molecule has 1 fully saturated rings. The highest BCUT2D eigenvalue weighted by molar-refractivity contribution is 5.93. The molecule has 42 heavy (non-hydrogen) atoms. The minimum absolute atomic E-state index is 0.129. The van der Waals surface area contributed by atoms with Crippen molar-refractivity contribution in [3.05, 3.63) is 52.1 Å². The van der Waals surface area contributed by atoms with Crippen LogP contribution in [-0.4, -0.2) is 65.4 Å². The first kappa shape index (κ1) is 30.5. The second-order valence-electron chi connectivity index (χ2n) is 10.3. The molecule has 0 bridgehead atoms. The molecule has 0 aliphatic carbocycles. The lowest BCUT2D eigenvalue weighted by Gasteiger charge is -2.26. The third-order valence-electron chi connectivity index (χ3n) is 7.07. The van der Waals surface area contributed by atoms with E-state index in [4.69, 9.17) is 14.6 Å². The molecule has 224 valence electrons. The molecule has 13 heteroatoms. The number of anilines is 1. The van der Waals surface area contributed by atoms with Crippen molar-refractivity contribution in [1.29, 1.82) is 5.26 Å². The van der Waals surface area contributed by atoms with Gasteiger partial charge in [0.1, 0.15) is 5.75 Å². The number of unbranched alkanes of at least 4 members (excludes halogenated alkanes) is 3. The molecule has 0 saturated carbocycles. The molecule has 2 heterocycles. The Bertz CT molecular complexity index is 1350. The number of rotatable bonds is 16. The van der Waals surface area contributed by atoms with Gasteiger partial charge in [-0.15, -0.1) is 0 Å². The highest BCUT2D eigenvalue weighted by atomic mass is 16.6. The highest BCUT2D eigenvalue weighted by Gasteiger charge is 2.19. The van der Waals surface area contributed by atoms with E-state index in [1.54, 1.807) is 6.07 Å². The van der Waals surface area contributed by atoms with Gasteiger partial charge in [-0.1, -0.05) is 31.4 Å². The van der Waals surface area contributed by atoms with Crippen molar-refractivity contribution in [2.45, 2.75) is 57.9 Å². The first-order valence-electron chi connectivity index (χ1n) is 14.6. The van der Waals surface area contributed by atoms with Crippen LogP contribution in [0.1, 0.15) is 56.9 Å². The van der Waals surface area contributed by atoms with Crippen molar-refractivity contribution >= 4 is 28.4 Å². The SMILES string of the molecule is N#CNC(=NCCCOc1cccc(CN2CCCCC2)c1)NCCCCCCNc1ccc([N+](=O)[O-])c2nonc12. The summed E-state index contributed by atoms with van der Waals surface area (Å²) in [6.45, 7) is 5.82. The molecule has 1 aliphatic rings. The largest absolute Gasteiger partial charge is 0.494 e. The number of non-ortho nitro benzene ring substituents is 1. The first-order valence-corrected chi connectivity index (χ1v) is 14.6. The molecule has 0 unspecified atom stereocenters. The zero-order valence-electron chi connectivity index (χ0n) is 23.9. The lowest BCUT2D eigenvalue weighted by atomic mass is 10.1. The van der Waals surface area contributed by atoms with E-state index in [-0.39, 0.29) is 11.2 Å². The van der Waals surface area contributed by atoms with E-state index in [0.29, 0.717) is 43.4 Å². The van der Waals surface area contributed by atoms with Crippen LogP contribution in [0.4, 0.5) is 11.4 Å². The average molecular weight is 578 g/mol. The Morgan fingerprint density at radius 1 is 1.07 bits per heavy atom. The second kappa shape index (κ2) is 16.7. The van der Waals surface area contributed by atoms with E-state index in [1.165, 1.54) is 44.0 Å². The molecule has 0 spiro atoms. The van der Waals surface area contributed by atoms with Crippen LogP contribution in [0, 0.1) is 21.6 Å². The Balaban J connectivity index is 1.07. The van der Waals surface area contributed by atoms with Crippen molar-refractivity contribution < 1.29 is 14.3 Å². The fourth-order valence-corrected chi connectivity index (χ4v) is 4.92. The van der Waals surface area contributed by atoms with Gasteiger partial charge in [0.25, 0.3) is 0 Å². The number of nitriles is 1. The first-order chi connectivity index (χ1) is 20.6. The number of guanidine groups is 1. The molecule has 3 N–H and O–H groups in total. The smallest absolute Gasteiger partial charge is 0.300 e. The predicted octanol–water partition coefficient (Wildman–Crippen LogP) is 4.57. The van der Waals surface area contributed by atoms with Gasteiger partial charge in [0, 0.05) is 38.7 Å². The number of nitrogens with zero attached hydrogens (tertiary/aromatic N) is 6. The van der Waals surface area contributed by atoms with Gasteiger partial charge in [-0.2, -0.15) is 5.26 Å². The number of piperidine rings is 1. The van der Waals surface area contributed by atoms with Gasteiger partial charge >= 0.3 is 5.69 Å². The molecular weight excluding hydrogens is 538 g/mol. The van der Waals surface area contributed by atoms with E-state index in [2.05, 4.69) is 54.4 Å². The molecule has 3 aromatic rings. The van der Waals surface area contributed by atoms with Gasteiger partial charge in [0.05, 0.1) is 17.2 Å². The van der Waals surface area contributed by atoms with E-state index in [0.717, 1.165) is 44.4 Å². The number of ether oxygens (including phenoxy) is 1. The van der Waals surface area contributed by atoms with Crippen LogP contribution >= 0.6 is 0 Å². The summed E-state index contributed by atoms with van der Waals surface area (Å²) in [6, 6.07) is 11.3. The Hall–Kier alpha value is -4.44. The molecule has 0 atom stereocenters. The maximum atomic E-state index is 11.1. The number of nitro benzene ring substituents is 1. The van der Waals surface area contributed by atoms with E-state index >= 15 is 0 Å². The lowest BCUT2D eigenvalue weighted by Crippen LogP contribution is -2.35. The minimum Gasteiger partial charge on any atom is -0.494 e. The zero-order valence-corrected chi connectivity index (χ0v) is 23.9. The maximum Gasteiger partial charge on any atom is 0.300 e. The number of hydrogen-bond acceptors (Lipinski definition) is 10. The summed E-state index contributed by atoms with van der Waals surface area (Å²) in [5.74, 6) is 1.36. The Kier molecular flexibility index (Phi) is 12.2. The van der Waals surface area contributed by atoms with Crippen LogP contribution < -0.4 is 20.7 Å². The van der Waals surface area contributed by atoms with E-state index in [9.17, 15) is 10.1 Å². The van der Waals surface area contributed by atoms with Crippen LogP contribution in [0.2, 0.25) is 0 Å². The Morgan fingerprint density at radius 3 is 2.69 bits per heavy atom. The van der Waals surface area contributed by atoms with Crippen molar-refractivity contribution in [2.75, 3.05) is 44.6 Å². The van der Waals surface area contributed by atoms with Crippen LogP contribution in [0.5, 0.6) is 5.75 Å². The van der Waals surface area contributed by atoms with Gasteiger partial charge in [-0.05, 0) is 72.8 Å². The third kappa shape index (κ3) is 9.59. The maximum absolute atomic E-state index is 11.1. The Morgan fingerprint density at radius 2 is 1.88 bits per heavy atom. The number of likely N-dealkylation sites (tertiary alicyclic amines) is 1. The van der Waals surface area contributed by atoms with E-state index < -0.39 is 4.92 Å². The van der Waals surface area contributed by atoms with Crippen molar-refractivity contribution in [3.63, 3.8) is 0 Å². The number of aromatic nitrogens is 2. The fraction of sp³-hybridized carbons (Fsp3) is 0.517. The third-order valence-corrected chi connectivity index (χ3v) is 7.07. The Labute approximate surface area is 245 Å². The normalized spacial score (nSPS) is 13.9. The lowest BCUT2D eigenvalue weighted by molar-refractivity contribution is -0.383. The molecule has 13 nitrogen and oxygen atoms in total. The summed E-state index contributed by atoms with van der Waals surface area (Å²) < 4.78 is 10.6. The minimum atomic E-state index is -0.501. The van der Waals surface area contributed by atoms with Gasteiger partial charge in [0.2, 0.25) is 11.5 Å². The fourth-order valence-electron chi connectivity index (χ4n) is 4.92. The highest BCUT2D eigenvalue weighted by Crippen LogP contribution is 2.28. The van der Waals surface area contributed by atoms with Crippen molar-refractivity contribution in [1.82, 2.24) is 25.8 Å². The molecule has 1 aromatic heterocycles. The van der Waals surface area contributed by atoms with Crippen molar-refractivity contribution in [3.8, 4) is 11.9 Å². The van der Waals surface area contributed by atoms with Crippen molar-refractivity contribution in [2.24, 2.45) is 4.99 Å². The van der Waals surface area contributed by atoms with Crippen LogP contribution in [0.25, 0.3) is 11.0 Å². The van der Waals surface area contributed by atoms with Crippen LogP contribution in [0.15, 0.2) is 46.0 Å². The number of fused-ring (bicyclic) bond motifs is 1. The molecule has 0 radical (unpaired) electrons.